The first kappa shape index (κ1) is 15.4. The zero-order valence-electron chi connectivity index (χ0n) is 14.3. The Labute approximate surface area is 144 Å². The van der Waals surface area contributed by atoms with Gasteiger partial charge in [-0.25, -0.2) is 9.97 Å². The van der Waals surface area contributed by atoms with Crippen LogP contribution in [0.4, 0.5) is 11.6 Å². The van der Waals surface area contributed by atoms with Crippen molar-refractivity contribution in [2.75, 3.05) is 36.0 Å². The minimum Gasteiger partial charge on any atom is -0.356 e. The summed E-state index contributed by atoms with van der Waals surface area (Å²) in [6.07, 6.45) is 8.00. The van der Waals surface area contributed by atoms with Gasteiger partial charge in [-0.15, -0.1) is 0 Å². The summed E-state index contributed by atoms with van der Waals surface area (Å²) in [5, 5.41) is 0. The fourth-order valence-electron chi connectivity index (χ4n) is 3.94. The summed E-state index contributed by atoms with van der Waals surface area (Å²) in [5.41, 5.74) is 1.47. The number of benzene rings is 1. The molecule has 24 heavy (non-hydrogen) atoms. The summed E-state index contributed by atoms with van der Waals surface area (Å²) in [6, 6.07) is 13.1. The zero-order chi connectivity index (χ0) is 16.2. The largest absolute Gasteiger partial charge is 0.356 e. The number of aromatic nitrogens is 2. The summed E-state index contributed by atoms with van der Waals surface area (Å²) < 4.78 is 0. The molecule has 2 saturated heterocycles. The predicted octanol–water partition coefficient (Wildman–Crippen LogP) is 3.54. The van der Waals surface area contributed by atoms with E-state index in [1.54, 1.807) is 6.33 Å². The molecule has 126 valence electrons. The van der Waals surface area contributed by atoms with Crippen molar-refractivity contribution in [1.29, 1.82) is 0 Å². The Balaban J connectivity index is 1.36. The van der Waals surface area contributed by atoms with E-state index in [4.69, 9.17) is 0 Å². The molecule has 4 nitrogen and oxygen atoms in total. The van der Waals surface area contributed by atoms with Crippen LogP contribution in [0.3, 0.4) is 0 Å². The Bertz CT molecular complexity index is 644. The van der Waals surface area contributed by atoms with Gasteiger partial charge in [0.25, 0.3) is 0 Å². The van der Waals surface area contributed by atoms with E-state index >= 15 is 0 Å². The highest BCUT2D eigenvalue weighted by atomic mass is 15.2. The lowest BCUT2D eigenvalue weighted by Crippen LogP contribution is -2.35. The van der Waals surface area contributed by atoms with Gasteiger partial charge in [0.15, 0.2) is 0 Å². The Morgan fingerprint density at radius 2 is 1.46 bits per heavy atom. The van der Waals surface area contributed by atoms with Crippen LogP contribution in [0.2, 0.25) is 0 Å². The molecule has 0 atom stereocenters. The number of rotatable bonds is 4. The molecule has 1 aromatic carbocycles. The first-order valence-electron chi connectivity index (χ1n) is 9.24. The molecule has 0 saturated carbocycles. The number of piperidine rings is 1. The molecule has 2 aromatic rings. The average molecular weight is 322 g/mol. The van der Waals surface area contributed by atoms with Gasteiger partial charge < -0.3 is 9.80 Å². The Morgan fingerprint density at radius 1 is 0.833 bits per heavy atom. The molecule has 0 aliphatic carbocycles. The van der Waals surface area contributed by atoms with Gasteiger partial charge >= 0.3 is 0 Å². The molecule has 0 unspecified atom stereocenters. The van der Waals surface area contributed by atoms with E-state index in [0.717, 1.165) is 43.7 Å². The van der Waals surface area contributed by atoms with Crippen LogP contribution in [0.25, 0.3) is 0 Å². The summed E-state index contributed by atoms with van der Waals surface area (Å²) >= 11 is 0. The van der Waals surface area contributed by atoms with Crippen LogP contribution in [-0.2, 0) is 6.42 Å². The quantitative estimate of drug-likeness (QED) is 0.862. The van der Waals surface area contributed by atoms with Gasteiger partial charge in [-0.1, -0.05) is 30.3 Å². The molecule has 4 rings (SSSR count). The maximum Gasteiger partial charge on any atom is 0.134 e. The summed E-state index contributed by atoms with van der Waals surface area (Å²) in [6.45, 7) is 4.48. The molecule has 3 heterocycles. The topological polar surface area (TPSA) is 32.3 Å². The second-order valence-corrected chi connectivity index (χ2v) is 7.05. The molecule has 1 aromatic heterocycles. The first-order valence-corrected chi connectivity index (χ1v) is 9.24. The van der Waals surface area contributed by atoms with Crippen LogP contribution in [0, 0.1) is 5.92 Å². The van der Waals surface area contributed by atoms with Gasteiger partial charge in [0, 0.05) is 32.2 Å². The van der Waals surface area contributed by atoms with Gasteiger partial charge in [0.2, 0.25) is 0 Å². The Hall–Kier alpha value is -2.10. The Morgan fingerprint density at radius 3 is 2.12 bits per heavy atom. The predicted molar refractivity (Wildman–Crippen MR) is 98.6 cm³/mol. The standard InChI is InChI=1S/C20H26N4/c1-2-6-17(7-3-1)14-18-8-12-24(13-9-18)20-15-19(21-16-22-20)23-10-4-5-11-23/h1-3,6-7,15-16,18H,4-5,8-14H2. The second-order valence-electron chi connectivity index (χ2n) is 7.05. The van der Waals surface area contributed by atoms with Crippen LogP contribution < -0.4 is 9.80 Å². The molecule has 0 bridgehead atoms. The molecule has 0 N–H and O–H groups in total. The molecule has 4 heteroatoms. The number of hydrogen-bond acceptors (Lipinski definition) is 4. The lowest BCUT2D eigenvalue weighted by Gasteiger charge is -2.33. The van der Waals surface area contributed by atoms with Crippen LogP contribution in [-0.4, -0.2) is 36.1 Å². The molecule has 0 spiro atoms. The van der Waals surface area contributed by atoms with Gasteiger partial charge in [-0.05, 0) is 43.6 Å². The van der Waals surface area contributed by atoms with Crippen LogP contribution in [0.1, 0.15) is 31.2 Å². The van der Waals surface area contributed by atoms with E-state index in [-0.39, 0.29) is 0 Å². The van der Waals surface area contributed by atoms with Crippen molar-refractivity contribution in [3.63, 3.8) is 0 Å². The maximum atomic E-state index is 4.53. The third-order valence-corrected chi connectivity index (χ3v) is 5.37. The molecule has 2 aliphatic heterocycles. The highest BCUT2D eigenvalue weighted by Gasteiger charge is 2.22. The Kier molecular flexibility index (Phi) is 4.63. The van der Waals surface area contributed by atoms with Crippen molar-refractivity contribution in [3.8, 4) is 0 Å². The van der Waals surface area contributed by atoms with E-state index in [0.29, 0.717) is 0 Å². The summed E-state index contributed by atoms with van der Waals surface area (Å²) in [7, 11) is 0. The lowest BCUT2D eigenvalue weighted by atomic mass is 9.90. The van der Waals surface area contributed by atoms with Crippen molar-refractivity contribution < 1.29 is 0 Å². The molecular formula is C20H26N4. The minimum absolute atomic E-state index is 0.795. The third-order valence-electron chi connectivity index (χ3n) is 5.37. The third kappa shape index (κ3) is 3.53. The van der Waals surface area contributed by atoms with E-state index in [1.807, 2.05) is 0 Å². The average Bonchev–Trinajstić information content (AvgIpc) is 3.18. The van der Waals surface area contributed by atoms with Gasteiger partial charge in [0.05, 0.1) is 0 Å². The van der Waals surface area contributed by atoms with Crippen molar-refractivity contribution in [1.82, 2.24) is 9.97 Å². The van der Waals surface area contributed by atoms with Crippen molar-refractivity contribution in [2.24, 2.45) is 5.92 Å². The SMILES string of the molecule is c1ccc(CC2CCN(c3cc(N4CCCC4)ncn3)CC2)cc1. The van der Waals surface area contributed by atoms with Crippen molar-refractivity contribution in [3.05, 3.63) is 48.3 Å². The van der Waals surface area contributed by atoms with Gasteiger partial charge in [0.1, 0.15) is 18.0 Å². The van der Waals surface area contributed by atoms with Gasteiger partial charge in [-0.3, -0.25) is 0 Å². The lowest BCUT2D eigenvalue weighted by molar-refractivity contribution is 0.402. The van der Waals surface area contributed by atoms with E-state index in [2.05, 4.69) is 56.2 Å². The summed E-state index contributed by atoms with van der Waals surface area (Å²) in [4.78, 5) is 13.8. The van der Waals surface area contributed by atoms with Crippen molar-refractivity contribution >= 4 is 11.6 Å². The molecule has 2 aliphatic rings. The fraction of sp³-hybridized carbons (Fsp3) is 0.500. The number of anilines is 2. The maximum absolute atomic E-state index is 4.53. The summed E-state index contributed by atoms with van der Waals surface area (Å²) in [5.74, 6) is 3.00. The van der Waals surface area contributed by atoms with Crippen LogP contribution in [0.5, 0.6) is 0 Å². The highest BCUT2D eigenvalue weighted by Crippen LogP contribution is 2.27. The van der Waals surface area contributed by atoms with Gasteiger partial charge in [-0.2, -0.15) is 0 Å². The molecule has 2 fully saturated rings. The fourth-order valence-corrected chi connectivity index (χ4v) is 3.94. The molecule has 0 amide bonds. The normalized spacial score (nSPS) is 19.0. The van der Waals surface area contributed by atoms with E-state index in [9.17, 15) is 0 Å². The first-order chi connectivity index (χ1) is 11.9. The highest BCUT2D eigenvalue weighted by molar-refractivity contribution is 5.50. The molecule has 0 radical (unpaired) electrons. The number of hydrogen-bond donors (Lipinski definition) is 0. The smallest absolute Gasteiger partial charge is 0.134 e. The number of nitrogens with zero attached hydrogens (tertiary/aromatic N) is 4. The van der Waals surface area contributed by atoms with E-state index in [1.165, 1.54) is 37.7 Å². The van der Waals surface area contributed by atoms with E-state index < -0.39 is 0 Å². The monoisotopic (exact) mass is 322 g/mol. The van der Waals surface area contributed by atoms with Crippen LogP contribution >= 0.6 is 0 Å². The second kappa shape index (κ2) is 7.20. The zero-order valence-corrected chi connectivity index (χ0v) is 14.3. The van der Waals surface area contributed by atoms with Crippen LogP contribution in [0.15, 0.2) is 42.7 Å². The minimum atomic E-state index is 0.795. The molecular weight excluding hydrogens is 296 g/mol. The van der Waals surface area contributed by atoms with Crippen molar-refractivity contribution in [2.45, 2.75) is 32.1 Å².